The summed E-state index contributed by atoms with van der Waals surface area (Å²) in [5.41, 5.74) is 7.29. The largest absolute Gasteiger partial charge is 0.488 e. The zero-order valence-electron chi connectivity index (χ0n) is 14.8. The number of benzene rings is 1. The topological polar surface area (TPSA) is 116 Å². The van der Waals surface area contributed by atoms with Crippen molar-refractivity contribution in [2.75, 3.05) is 29.6 Å². The van der Waals surface area contributed by atoms with E-state index in [-0.39, 0.29) is 19.1 Å². The lowest BCUT2D eigenvalue weighted by molar-refractivity contribution is 0.103. The van der Waals surface area contributed by atoms with Crippen molar-refractivity contribution in [1.82, 2.24) is 4.98 Å². The number of hydrogen-bond acceptors (Lipinski definition) is 7. The molecule has 0 spiro atoms. The summed E-state index contributed by atoms with van der Waals surface area (Å²) in [6.07, 6.45) is 2.58. The number of rotatable bonds is 7. The van der Waals surface area contributed by atoms with Crippen LogP contribution in [0.1, 0.15) is 9.67 Å². The third-order valence-electron chi connectivity index (χ3n) is 3.50. The first-order valence-corrected chi connectivity index (χ1v) is 9.21. The van der Waals surface area contributed by atoms with E-state index in [4.69, 9.17) is 15.2 Å². The zero-order valence-corrected chi connectivity index (χ0v) is 15.6. The third kappa shape index (κ3) is 5.45. The number of para-hydroxylation sites is 2. The molecule has 0 radical (unpaired) electrons. The first kappa shape index (κ1) is 19.2. The standard InChI is InChI=1S/C19H18N4O4S/c20-15-5-1-2-6-16(15)23-18(24)17-10-13(12-28-17)22-19(25)27-9-8-26-14-4-3-7-21-11-14/h1-7,10-12H,8-9,20H2,(H,22,25)(H,23,24). The Labute approximate surface area is 165 Å². The van der Waals surface area contributed by atoms with Crippen LogP contribution in [0.4, 0.5) is 21.9 Å². The van der Waals surface area contributed by atoms with Gasteiger partial charge in [0.05, 0.1) is 28.1 Å². The Balaban J connectivity index is 1.44. The monoisotopic (exact) mass is 398 g/mol. The molecule has 28 heavy (non-hydrogen) atoms. The summed E-state index contributed by atoms with van der Waals surface area (Å²) in [7, 11) is 0. The lowest BCUT2D eigenvalue weighted by atomic mass is 10.2. The quantitative estimate of drug-likeness (QED) is 0.414. The zero-order chi connectivity index (χ0) is 19.8. The van der Waals surface area contributed by atoms with Gasteiger partial charge in [0, 0.05) is 11.6 Å². The molecule has 3 rings (SSSR count). The minimum Gasteiger partial charge on any atom is -0.488 e. The van der Waals surface area contributed by atoms with Crippen LogP contribution in [0.2, 0.25) is 0 Å². The number of carbonyl (C=O) groups excluding carboxylic acids is 2. The Kier molecular flexibility index (Phi) is 6.42. The van der Waals surface area contributed by atoms with Crippen LogP contribution in [-0.2, 0) is 4.74 Å². The molecule has 0 atom stereocenters. The highest BCUT2D eigenvalue weighted by Crippen LogP contribution is 2.23. The van der Waals surface area contributed by atoms with Crippen molar-refractivity contribution in [3.8, 4) is 5.75 Å². The Morgan fingerprint density at radius 3 is 2.75 bits per heavy atom. The minimum atomic E-state index is -0.633. The Hall–Kier alpha value is -3.59. The van der Waals surface area contributed by atoms with E-state index in [9.17, 15) is 9.59 Å². The highest BCUT2D eigenvalue weighted by molar-refractivity contribution is 7.12. The maximum Gasteiger partial charge on any atom is 0.411 e. The summed E-state index contributed by atoms with van der Waals surface area (Å²) in [6.45, 7) is 0.278. The fourth-order valence-electron chi connectivity index (χ4n) is 2.20. The van der Waals surface area contributed by atoms with Crippen LogP contribution < -0.4 is 21.1 Å². The van der Waals surface area contributed by atoms with Crippen molar-refractivity contribution in [3.63, 3.8) is 0 Å². The lowest BCUT2D eigenvalue weighted by Crippen LogP contribution is -2.17. The molecule has 0 aliphatic rings. The van der Waals surface area contributed by atoms with Crippen LogP contribution in [0.25, 0.3) is 0 Å². The summed E-state index contributed by atoms with van der Waals surface area (Å²) in [5.74, 6) is 0.285. The molecule has 3 aromatic rings. The van der Waals surface area contributed by atoms with Gasteiger partial charge in [-0.2, -0.15) is 0 Å². The Morgan fingerprint density at radius 2 is 1.96 bits per heavy atom. The van der Waals surface area contributed by atoms with Crippen LogP contribution in [0.15, 0.2) is 60.2 Å². The van der Waals surface area contributed by atoms with Gasteiger partial charge in [0.1, 0.15) is 19.0 Å². The average Bonchev–Trinajstić information content (AvgIpc) is 3.16. The number of nitrogens with two attached hydrogens (primary N) is 1. The van der Waals surface area contributed by atoms with Crippen LogP contribution in [-0.4, -0.2) is 30.2 Å². The predicted molar refractivity (Wildman–Crippen MR) is 108 cm³/mol. The molecule has 2 aromatic heterocycles. The van der Waals surface area contributed by atoms with E-state index in [1.54, 1.807) is 60.2 Å². The minimum absolute atomic E-state index is 0.0749. The predicted octanol–water partition coefficient (Wildman–Crippen LogP) is 3.61. The van der Waals surface area contributed by atoms with Crippen LogP contribution in [0, 0.1) is 0 Å². The molecular weight excluding hydrogens is 380 g/mol. The molecule has 0 fully saturated rings. The molecule has 144 valence electrons. The van der Waals surface area contributed by atoms with E-state index in [0.717, 1.165) is 0 Å². The Morgan fingerprint density at radius 1 is 1.11 bits per heavy atom. The molecule has 9 heteroatoms. The first-order chi connectivity index (χ1) is 13.6. The number of thiophene rings is 1. The second kappa shape index (κ2) is 9.38. The summed E-state index contributed by atoms with van der Waals surface area (Å²) >= 11 is 1.20. The van der Waals surface area contributed by atoms with Crippen molar-refractivity contribution in [3.05, 3.63) is 65.1 Å². The fourth-order valence-corrected chi connectivity index (χ4v) is 2.93. The summed E-state index contributed by atoms with van der Waals surface area (Å²) in [5, 5.41) is 6.95. The smallest absolute Gasteiger partial charge is 0.411 e. The van der Waals surface area contributed by atoms with Gasteiger partial charge in [0.15, 0.2) is 0 Å². The molecule has 4 N–H and O–H groups in total. The first-order valence-electron chi connectivity index (χ1n) is 8.33. The molecular formula is C19H18N4O4S. The SMILES string of the molecule is Nc1ccccc1NC(=O)c1cc(NC(=O)OCCOc2cccnc2)cs1. The van der Waals surface area contributed by atoms with Gasteiger partial charge in [0.2, 0.25) is 0 Å². The molecule has 1 aromatic carbocycles. The van der Waals surface area contributed by atoms with Crippen molar-refractivity contribution >= 4 is 40.4 Å². The van der Waals surface area contributed by atoms with Crippen molar-refractivity contribution in [2.45, 2.75) is 0 Å². The van der Waals surface area contributed by atoms with Gasteiger partial charge in [-0.3, -0.25) is 15.1 Å². The number of nitrogens with one attached hydrogen (secondary N) is 2. The Bertz CT molecular complexity index is 946. The maximum absolute atomic E-state index is 12.3. The number of aromatic nitrogens is 1. The fraction of sp³-hybridized carbons (Fsp3) is 0.105. The highest BCUT2D eigenvalue weighted by Gasteiger charge is 2.12. The van der Waals surface area contributed by atoms with Gasteiger partial charge < -0.3 is 20.5 Å². The number of hydrogen-bond donors (Lipinski definition) is 3. The average molecular weight is 398 g/mol. The maximum atomic E-state index is 12.3. The summed E-state index contributed by atoms with van der Waals surface area (Å²) < 4.78 is 10.4. The van der Waals surface area contributed by atoms with E-state index in [1.807, 2.05) is 0 Å². The number of amides is 2. The number of ether oxygens (including phenoxy) is 2. The molecule has 0 saturated heterocycles. The molecule has 2 amide bonds. The van der Waals surface area contributed by atoms with Gasteiger partial charge in [-0.1, -0.05) is 12.1 Å². The van der Waals surface area contributed by atoms with Gasteiger partial charge in [0.25, 0.3) is 5.91 Å². The van der Waals surface area contributed by atoms with Gasteiger partial charge >= 0.3 is 6.09 Å². The second-order valence-electron chi connectivity index (χ2n) is 5.54. The van der Waals surface area contributed by atoms with Crippen LogP contribution in [0.5, 0.6) is 5.75 Å². The van der Waals surface area contributed by atoms with E-state index >= 15 is 0 Å². The van der Waals surface area contributed by atoms with E-state index in [0.29, 0.717) is 27.7 Å². The van der Waals surface area contributed by atoms with Crippen molar-refractivity contribution < 1.29 is 19.1 Å². The summed E-state index contributed by atoms with van der Waals surface area (Å²) in [6, 6.07) is 12.0. The molecule has 0 unspecified atom stereocenters. The number of pyridine rings is 1. The van der Waals surface area contributed by atoms with Crippen molar-refractivity contribution in [2.24, 2.45) is 0 Å². The third-order valence-corrected chi connectivity index (χ3v) is 4.43. The van der Waals surface area contributed by atoms with E-state index in [2.05, 4.69) is 15.6 Å². The molecule has 0 bridgehead atoms. The van der Waals surface area contributed by atoms with Gasteiger partial charge in [-0.15, -0.1) is 11.3 Å². The van der Waals surface area contributed by atoms with Crippen molar-refractivity contribution in [1.29, 1.82) is 0 Å². The molecule has 0 aliphatic heterocycles. The second-order valence-corrected chi connectivity index (χ2v) is 6.45. The molecule has 0 aliphatic carbocycles. The van der Waals surface area contributed by atoms with Crippen LogP contribution >= 0.6 is 11.3 Å². The molecule has 8 nitrogen and oxygen atoms in total. The molecule has 2 heterocycles. The highest BCUT2D eigenvalue weighted by atomic mass is 32.1. The number of nitrogens with zero attached hydrogens (tertiary/aromatic N) is 1. The number of anilines is 3. The van der Waals surface area contributed by atoms with E-state index < -0.39 is 6.09 Å². The van der Waals surface area contributed by atoms with Gasteiger partial charge in [-0.05, 0) is 30.3 Å². The number of nitrogen functional groups attached to an aromatic ring is 1. The number of carbonyl (C=O) groups is 2. The summed E-state index contributed by atoms with van der Waals surface area (Å²) in [4.78, 5) is 28.5. The normalized spacial score (nSPS) is 10.1. The van der Waals surface area contributed by atoms with Gasteiger partial charge in [-0.25, -0.2) is 4.79 Å². The van der Waals surface area contributed by atoms with Crippen LogP contribution in [0.3, 0.4) is 0 Å². The molecule has 0 saturated carbocycles. The lowest BCUT2D eigenvalue weighted by Gasteiger charge is -2.07. The van der Waals surface area contributed by atoms with E-state index in [1.165, 1.54) is 11.3 Å².